The lowest BCUT2D eigenvalue weighted by atomic mass is 10.1. The number of fused-ring (bicyclic) bond motifs is 2. The van der Waals surface area contributed by atoms with E-state index in [0.717, 1.165) is 16.7 Å². The number of hydrogen-bond acceptors (Lipinski definition) is 6. The zero-order valence-corrected chi connectivity index (χ0v) is 22.7. The number of ether oxygens (including phenoxy) is 3. The van der Waals surface area contributed by atoms with Crippen molar-refractivity contribution in [3.8, 4) is 17.2 Å². The highest BCUT2D eigenvalue weighted by molar-refractivity contribution is 6.99. The number of carboxylic acid groups (broad SMARTS) is 1. The Labute approximate surface area is 223 Å². The molecule has 198 valence electrons. The van der Waals surface area contributed by atoms with Crippen molar-refractivity contribution in [2.24, 2.45) is 5.92 Å². The van der Waals surface area contributed by atoms with Crippen molar-refractivity contribution in [3.05, 3.63) is 78.9 Å². The van der Waals surface area contributed by atoms with Crippen LogP contribution in [0.3, 0.4) is 0 Å². The normalized spacial score (nSPS) is 22.4. The van der Waals surface area contributed by atoms with E-state index < -0.39 is 45.1 Å². The number of carboxylic acids is 1. The minimum absolute atomic E-state index is 0.251. The number of benzene rings is 3. The highest BCUT2D eigenvalue weighted by Gasteiger charge is 2.57. The van der Waals surface area contributed by atoms with E-state index in [1.165, 1.54) is 0 Å². The van der Waals surface area contributed by atoms with Gasteiger partial charge in [-0.1, -0.05) is 87.5 Å². The van der Waals surface area contributed by atoms with Crippen LogP contribution in [-0.2, 0) is 14.0 Å². The van der Waals surface area contributed by atoms with E-state index in [9.17, 15) is 9.59 Å². The Bertz CT molecular complexity index is 1250. The lowest BCUT2D eigenvalue weighted by molar-refractivity contribution is -0.139. The van der Waals surface area contributed by atoms with E-state index in [2.05, 4.69) is 45.0 Å². The summed E-state index contributed by atoms with van der Waals surface area (Å²) in [5.41, 5.74) is 0. The first-order valence-electron chi connectivity index (χ1n) is 12.8. The molecule has 1 saturated carbocycles. The molecule has 0 unspecified atom stereocenters. The summed E-state index contributed by atoms with van der Waals surface area (Å²) in [6.07, 6.45) is -0.0442. The van der Waals surface area contributed by atoms with Crippen molar-refractivity contribution >= 4 is 30.9 Å². The summed E-state index contributed by atoms with van der Waals surface area (Å²) in [7, 11) is -2.91. The molecule has 4 atom stereocenters. The van der Waals surface area contributed by atoms with Crippen LogP contribution < -0.4 is 24.6 Å². The zero-order chi connectivity index (χ0) is 26.9. The van der Waals surface area contributed by atoms with Gasteiger partial charge in [0.15, 0.2) is 18.1 Å². The molecule has 2 aliphatic rings. The quantitative estimate of drug-likeness (QED) is 0.348. The van der Waals surface area contributed by atoms with Crippen molar-refractivity contribution in [1.29, 1.82) is 0 Å². The predicted octanol–water partition coefficient (Wildman–Crippen LogP) is 3.82. The zero-order valence-electron chi connectivity index (χ0n) is 21.7. The molecule has 1 fully saturated rings. The maximum atomic E-state index is 12.5. The minimum atomic E-state index is -2.91. The summed E-state index contributed by atoms with van der Waals surface area (Å²) >= 11 is 0. The highest BCUT2D eigenvalue weighted by Crippen LogP contribution is 2.48. The number of aliphatic carboxylic acids is 1. The average molecular weight is 533 g/mol. The summed E-state index contributed by atoms with van der Waals surface area (Å²) in [5, 5.41) is 11.1. The molecule has 3 aromatic carbocycles. The average Bonchev–Trinajstić information content (AvgIpc) is 3.25. The molecule has 0 amide bonds. The Balaban J connectivity index is 1.52. The molecular formula is C30H32O7Si. The SMILES string of the molecule is CC(C)(C)[Si](O[C@@H]1C[C@@H]2Oc3c(OCC(=O)O)cccc3O[C@@H]2[C@H]1C=O)(c1ccccc1)c1ccccc1. The molecule has 0 saturated heterocycles. The molecule has 1 N–H and O–H groups in total. The summed E-state index contributed by atoms with van der Waals surface area (Å²) in [4.78, 5) is 23.6. The van der Waals surface area contributed by atoms with Gasteiger partial charge in [0.25, 0.3) is 8.32 Å². The van der Waals surface area contributed by atoms with Crippen molar-refractivity contribution in [2.45, 2.75) is 50.5 Å². The Morgan fingerprint density at radius 2 is 1.61 bits per heavy atom. The van der Waals surface area contributed by atoms with Gasteiger partial charge in [-0.3, -0.25) is 0 Å². The molecule has 0 aromatic heterocycles. The van der Waals surface area contributed by atoms with Crippen LogP contribution in [0.15, 0.2) is 78.9 Å². The van der Waals surface area contributed by atoms with Crippen molar-refractivity contribution < 1.29 is 33.3 Å². The maximum Gasteiger partial charge on any atom is 0.341 e. The minimum Gasteiger partial charge on any atom is -0.482 e. The largest absolute Gasteiger partial charge is 0.482 e. The number of carbonyl (C=O) groups is 2. The maximum absolute atomic E-state index is 12.5. The van der Waals surface area contributed by atoms with Gasteiger partial charge in [-0.05, 0) is 27.5 Å². The van der Waals surface area contributed by atoms with Gasteiger partial charge < -0.3 is 28.5 Å². The number of para-hydroxylation sites is 1. The Morgan fingerprint density at radius 1 is 0.974 bits per heavy atom. The topological polar surface area (TPSA) is 91.3 Å². The first-order valence-corrected chi connectivity index (χ1v) is 14.7. The third kappa shape index (κ3) is 4.59. The molecule has 3 aromatic rings. The van der Waals surface area contributed by atoms with Crippen LogP contribution in [0.1, 0.15) is 27.2 Å². The molecule has 0 spiro atoms. The van der Waals surface area contributed by atoms with E-state index >= 15 is 0 Å². The summed E-state index contributed by atoms with van der Waals surface area (Å²) in [6, 6.07) is 25.7. The third-order valence-electron chi connectivity index (χ3n) is 7.37. The lowest BCUT2D eigenvalue weighted by Crippen LogP contribution is -2.68. The van der Waals surface area contributed by atoms with Crippen LogP contribution in [0, 0.1) is 5.92 Å². The number of carbonyl (C=O) groups excluding carboxylic acids is 1. The fourth-order valence-electron chi connectivity index (χ4n) is 5.72. The Morgan fingerprint density at radius 3 is 2.16 bits per heavy atom. The summed E-state index contributed by atoms with van der Waals surface area (Å²) in [5.74, 6) is -0.559. The van der Waals surface area contributed by atoms with Crippen molar-refractivity contribution in [2.75, 3.05) is 6.61 Å². The third-order valence-corrected chi connectivity index (χ3v) is 12.4. The number of hydrogen-bond donors (Lipinski definition) is 1. The summed E-state index contributed by atoms with van der Waals surface area (Å²) < 4.78 is 25.3. The van der Waals surface area contributed by atoms with E-state index in [0.29, 0.717) is 23.7 Å². The van der Waals surface area contributed by atoms with Gasteiger partial charge in [0.1, 0.15) is 18.5 Å². The second-order valence-electron chi connectivity index (χ2n) is 10.8. The van der Waals surface area contributed by atoms with Crippen molar-refractivity contribution in [3.63, 3.8) is 0 Å². The van der Waals surface area contributed by atoms with E-state index in [4.69, 9.17) is 23.7 Å². The van der Waals surface area contributed by atoms with Gasteiger partial charge in [0.2, 0.25) is 5.75 Å². The van der Waals surface area contributed by atoms with Crippen molar-refractivity contribution in [1.82, 2.24) is 0 Å². The van der Waals surface area contributed by atoms with Crippen LogP contribution in [0.25, 0.3) is 0 Å². The van der Waals surface area contributed by atoms with E-state index in [1.54, 1.807) is 18.2 Å². The molecule has 5 rings (SSSR count). The van der Waals surface area contributed by atoms with Crippen LogP contribution in [-0.4, -0.2) is 50.6 Å². The Hall–Kier alpha value is -3.62. The number of aldehydes is 1. The first kappa shape index (κ1) is 26.0. The fourth-order valence-corrected chi connectivity index (χ4v) is 10.4. The Kier molecular flexibility index (Phi) is 7.03. The number of rotatable bonds is 8. The molecule has 1 heterocycles. The first-order chi connectivity index (χ1) is 18.2. The van der Waals surface area contributed by atoms with E-state index in [-0.39, 0.29) is 5.04 Å². The van der Waals surface area contributed by atoms with Crippen LogP contribution >= 0.6 is 0 Å². The summed E-state index contributed by atoms with van der Waals surface area (Å²) in [6.45, 7) is 6.11. The molecule has 0 bridgehead atoms. The smallest absolute Gasteiger partial charge is 0.341 e. The van der Waals surface area contributed by atoms with Gasteiger partial charge in [-0.15, -0.1) is 0 Å². The van der Waals surface area contributed by atoms with E-state index in [1.807, 2.05) is 36.4 Å². The predicted molar refractivity (Wildman–Crippen MR) is 145 cm³/mol. The van der Waals surface area contributed by atoms with Crippen LogP contribution in [0.4, 0.5) is 0 Å². The van der Waals surface area contributed by atoms with Gasteiger partial charge in [0, 0.05) is 6.42 Å². The molecule has 1 aliphatic heterocycles. The highest BCUT2D eigenvalue weighted by atomic mass is 28.4. The molecule has 8 heteroatoms. The molecular weight excluding hydrogens is 500 g/mol. The van der Waals surface area contributed by atoms with Gasteiger partial charge in [-0.25, -0.2) is 4.79 Å². The second kappa shape index (κ2) is 10.3. The van der Waals surface area contributed by atoms with Crippen LogP contribution in [0.5, 0.6) is 17.2 Å². The lowest BCUT2D eigenvalue weighted by Gasteiger charge is -2.45. The molecule has 38 heavy (non-hydrogen) atoms. The molecule has 1 aliphatic carbocycles. The van der Waals surface area contributed by atoms with Crippen LogP contribution in [0.2, 0.25) is 5.04 Å². The molecule has 7 nitrogen and oxygen atoms in total. The van der Waals surface area contributed by atoms with Gasteiger partial charge in [-0.2, -0.15) is 0 Å². The second-order valence-corrected chi connectivity index (χ2v) is 15.0. The fraction of sp³-hybridized carbons (Fsp3) is 0.333. The molecule has 0 radical (unpaired) electrons. The van der Waals surface area contributed by atoms with Gasteiger partial charge >= 0.3 is 5.97 Å². The monoisotopic (exact) mass is 532 g/mol. The van der Waals surface area contributed by atoms with Gasteiger partial charge in [0.05, 0.1) is 12.0 Å². The standard InChI is InChI=1S/C30H32O7Si/c1-30(2,3)38(20-11-6-4-7-12-20,21-13-8-5-9-14-21)37-25-17-26-28(22(25)18-31)35-24-16-10-15-23(29(24)36-26)34-19-27(32)33/h4-16,18,22,25-26,28H,17,19H2,1-3H3,(H,32,33)/t22-,25+,26-,28+/m0/s1.